The maximum absolute atomic E-state index is 10.3. The molecule has 2 nitrogen and oxygen atoms in total. The average Bonchev–Trinajstić information content (AvgIpc) is 2.13. The van der Waals surface area contributed by atoms with Crippen LogP contribution in [-0.2, 0) is 0 Å². The van der Waals surface area contributed by atoms with Crippen molar-refractivity contribution in [3.05, 3.63) is 0 Å². The summed E-state index contributed by atoms with van der Waals surface area (Å²) in [6.07, 6.45) is 7.24. The van der Waals surface area contributed by atoms with Crippen LogP contribution in [0.25, 0.3) is 0 Å². The smallest absolute Gasteiger partial charge is 0.0659 e. The van der Waals surface area contributed by atoms with Crippen molar-refractivity contribution in [2.24, 2.45) is 11.7 Å². The summed E-state index contributed by atoms with van der Waals surface area (Å²) in [7, 11) is 0. The Bertz CT molecular complexity index is 139. The van der Waals surface area contributed by atoms with Crippen LogP contribution in [0.3, 0.4) is 0 Å². The minimum Gasteiger partial charge on any atom is -0.390 e. The van der Waals surface area contributed by atoms with Crippen LogP contribution in [0.5, 0.6) is 0 Å². The third-order valence-electron chi connectivity index (χ3n) is 3.00. The maximum atomic E-state index is 10.3. The van der Waals surface area contributed by atoms with Gasteiger partial charge in [0.05, 0.1) is 5.60 Å². The zero-order chi connectivity index (χ0) is 11.7. The van der Waals surface area contributed by atoms with Crippen LogP contribution >= 0.6 is 0 Å². The van der Waals surface area contributed by atoms with Gasteiger partial charge in [-0.05, 0) is 31.7 Å². The van der Waals surface area contributed by atoms with Gasteiger partial charge in [0.2, 0.25) is 0 Å². The van der Waals surface area contributed by atoms with Gasteiger partial charge >= 0.3 is 0 Å². The molecule has 0 saturated heterocycles. The Balaban J connectivity index is 3.75. The van der Waals surface area contributed by atoms with E-state index >= 15 is 0 Å². The van der Waals surface area contributed by atoms with Crippen LogP contribution in [0.1, 0.15) is 65.7 Å². The number of nitrogens with two attached hydrogens (primary N) is 1. The minimum absolute atomic E-state index is 0.486. The standard InChI is InChI=1S/C13H29NO/c1-4-8-13(15,10-11-14)9-6-5-7-12(2)3/h12,15H,4-11,14H2,1-3H3. The molecule has 1 atom stereocenters. The van der Waals surface area contributed by atoms with Gasteiger partial charge in [-0.1, -0.05) is 46.5 Å². The van der Waals surface area contributed by atoms with Crippen molar-refractivity contribution in [3.8, 4) is 0 Å². The van der Waals surface area contributed by atoms with Crippen molar-refractivity contribution >= 4 is 0 Å². The zero-order valence-electron chi connectivity index (χ0n) is 10.8. The van der Waals surface area contributed by atoms with Gasteiger partial charge in [-0.25, -0.2) is 0 Å². The van der Waals surface area contributed by atoms with E-state index in [9.17, 15) is 5.11 Å². The van der Waals surface area contributed by atoms with E-state index in [-0.39, 0.29) is 0 Å². The fraction of sp³-hybridized carbons (Fsp3) is 1.00. The van der Waals surface area contributed by atoms with Gasteiger partial charge < -0.3 is 10.8 Å². The van der Waals surface area contributed by atoms with E-state index in [2.05, 4.69) is 20.8 Å². The summed E-state index contributed by atoms with van der Waals surface area (Å²) in [6.45, 7) is 7.21. The van der Waals surface area contributed by atoms with E-state index in [0.717, 1.165) is 38.0 Å². The monoisotopic (exact) mass is 215 g/mol. The van der Waals surface area contributed by atoms with Crippen LogP contribution < -0.4 is 5.73 Å². The molecule has 0 bridgehead atoms. The predicted octanol–water partition coefficient (Wildman–Crippen LogP) is 3.08. The van der Waals surface area contributed by atoms with Crippen LogP contribution in [0, 0.1) is 5.92 Å². The van der Waals surface area contributed by atoms with E-state index in [1.807, 2.05) is 0 Å². The zero-order valence-corrected chi connectivity index (χ0v) is 10.8. The molecule has 0 aliphatic rings. The Morgan fingerprint density at radius 3 is 2.27 bits per heavy atom. The molecule has 0 aliphatic heterocycles. The minimum atomic E-state index is -0.486. The fourth-order valence-electron chi connectivity index (χ4n) is 2.12. The molecular weight excluding hydrogens is 186 g/mol. The van der Waals surface area contributed by atoms with Gasteiger partial charge in [0.1, 0.15) is 0 Å². The van der Waals surface area contributed by atoms with Crippen molar-refractivity contribution in [1.82, 2.24) is 0 Å². The normalized spacial score (nSPS) is 15.6. The Morgan fingerprint density at radius 2 is 1.80 bits per heavy atom. The second-order valence-corrected chi connectivity index (χ2v) is 5.15. The van der Waals surface area contributed by atoms with Crippen LogP contribution in [0.4, 0.5) is 0 Å². The SMILES string of the molecule is CCCC(O)(CCN)CCCCC(C)C. The summed E-state index contributed by atoms with van der Waals surface area (Å²) >= 11 is 0. The summed E-state index contributed by atoms with van der Waals surface area (Å²) in [5.74, 6) is 0.777. The highest BCUT2D eigenvalue weighted by Gasteiger charge is 2.23. The molecule has 0 rings (SSSR count). The van der Waals surface area contributed by atoms with Gasteiger partial charge in [0, 0.05) is 0 Å². The number of unbranched alkanes of at least 4 members (excludes halogenated alkanes) is 1. The second-order valence-electron chi connectivity index (χ2n) is 5.15. The lowest BCUT2D eigenvalue weighted by Crippen LogP contribution is -2.31. The summed E-state index contributed by atoms with van der Waals surface area (Å²) in [4.78, 5) is 0. The van der Waals surface area contributed by atoms with E-state index < -0.39 is 5.60 Å². The molecule has 0 aromatic heterocycles. The summed E-state index contributed by atoms with van der Waals surface area (Å²) in [6, 6.07) is 0. The van der Waals surface area contributed by atoms with E-state index in [4.69, 9.17) is 5.73 Å². The number of rotatable bonds is 9. The van der Waals surface area contributed by atoms with Crippen molar-refractivity contribution in [1.29, 1.82) is 0 Å². The molecule has 2 heteroatoms. The first-order chi connectivity index (χ1) is 7.04. The molecule has 0 amide bonds. The summed E-state index contributed by atoms with van der Waals surface area (Å²) in [5.41, 5.74) is 5.05. The number of aliphatic hydroxyl groups is 1. The van der Waals surface area contributed by atoms with E-state index in [1.54, 1.807) is 0 Å². The molecule has 15 heavy (non-hydrogen) atoms. The highest BCUT2D eigenvalue weighted by Crippen LogP contribution is 2.24. The fourth-order valence-corrected chi connectivity index (χ4v) is 2.12. The van der Waals surface area contributed by atoms with Crippen LogP contribution in [-0.4, -0.2) is 17.3 Å². The molecule has 0 radical (unpaired) electrons. The first-order valence-corrected chi connectivity index (χ1v) is 6.46. The molecular formula is C13H29NO. The van der Waals surface area contributed by atoms with Crippen molar-refractivity contribution in [2.75, 3.05) is 6.54 Å². The molecule has 3 N–H and O–H groups in total. The largest absolute Gasteiger partial charge is 0.390 e. The predicted molar refractivity (Wildman–Crippen MR) is 66.8 cm³/mol. The highest BCUT2D eigenvalue weighted by atomic mass is 16.3. The number of hydrogen-bond acceptors (Lipinski definition) is 2. The molecule has 0 saturated carbocycles. The average molecular weight is 215 g/mol. The summed E-state index contributed by atoms with van der Waals surface area (Å²) in [5, 5.41) is 10.3. The first kappa shape index (κ1) is 14.9. The third-order valence-corrected chi connectivity index (χ3v) is 3.00. The molecule has 0 aromatic rings. The van der Waals surface area contributed by atoms with Crippen molar-refractivity contribution in [2.45, 2.75) is 71.3 Å². The Labute approximate surface area is 95.3 Å². The van der Waals surface area contributed by atoms with Crippen molar-refractivity contribution in [3.63, 3.8) is 0 Å². The second kappa shape index (κ2) is 8.12. The van der Waals surface area contributed by atoms with Crippen LogP contribution in [0.2, 0.25) is 0 Å². The lowest BCUT2D eigenvalue weighted by atomic mass is 9.88. The van der Waals surface area contributed by atoms with Crippen LogP contribution in [0.15, 0.2) is 0 Å². The van der Waals surface area contributed by atoms with Crippen molar-refractivity contribution < 1.29 is 5.11 Å². The molecule has 0 aromatic carbocycles. The molecule has 1 unspecified atom stereocenters. The van der Waals surface area contributed by atoms with E-state index in [1.165, 1.54) is 12.8 Å². The van der Waals surface area contributed by atoms with E-state index in [0.29, 0.717) is 6.54 Å². The lowest BCUT2D eigenvalue weighted by molar-refractivity contribution is 0.0134. The van der Waals surface area contributed by atoms with Gasteiger partial charge in [-0.2, -0.15) is 0 Å². The van der Waals surface area contributed by atoms with Gasteiger partial charge in [-0.15, -0.1) is 0 Å². The first-order valence-electron chi connectivity index (χ1n) is 6.46. The Kier molecular flexibility index (Phi) is 8.07. The van der Waals surface area contributed by atoms with Gasteiger partial charge in [-0.3, -0.25) is 0 Å². The maximum Gasteiger partial charge on any atom is 0.0659 e. The van der Waals surface area contributed by atoms with Gasteiger partial charge in [0.25, 0.3) is 0 Å². The topological polar surface area (TPSA) is 46.2 Å². The molecule has 0 aliphatic carbocycles. The quantitative estimate of drug-likeness (QED) is 0.581. The molecule has 92 valence electrons. The summed E-state index contributed by atoms with van der Waals surface area (Å²) < 4.78 is 0. The number of hydrogen-bond donors (Lipinski definition) is 2. The molecule has 0 heterocycles. The highest BCUT2D eigenvalue weighted by molar-refractivity contribution is 4.78. The molecule has 0 fully saturated rings. The lowest BCUT2D eigenvalue weighted by Gasteiger charge is -2.27. The molecule has 0 spiro atoms. The Morgan fingerprint density at radius 1 is 1.13 bits per heavy atom. The van der Waals surface area contributed by atoms with Gasteiger partial charge in [0.15, 0.2) is 0 Å². The third kappa shape index (κ3) is 7.80. The Hall–Kier alpha value is -0.0800.